The second-order valence-corrected chi connectivity index (χ2v) is 4.61. The summed E-state index contributed by atoms with van der Waals surface area (Å²) in [6.45, 7) is 0. The second kappa shape index (κ2) is 4.63. The van der Waals surface area contributed by atoms with Gasteiger partial charge >= 0.3 is 5.97 Å². The van der Waals surface area contributed by atoms with E-state index in [1.807, 2.05) is 30.3 Å². The van der Waals surface area contributed by atoms with Crippen LogP contribution in [-0.2, 0) is 11.2 Å². The Kier molecular flexibility index (Phi) is 3.22. The van der Waals surface area contributed by atoms with Crippen LogP contribution in [0.1, 0.15) is 4.88 Å². The van der Waals surface area contributed by atoms with Crippen LogP contribution >= 0.6 is 22.9 Å². The molecule has 2 rings (SSSR count). The Morgan fingerprint density at radius 2 is 2.06 bits per heavy atom. The Balaban J connectivity index is 2.34. The number of carbonyl (C=O) groups is 1. The third kappa shape index (κ3) is 2.40. The Hall–Kier alpha value is -1.39. The van der Waals surface area contributed by atoms with Gasteiger partial charge in [0, 0.05) is 5.56 Å². The van der Waals surface area contributed by atoms with E-state index in [1.165, 1.54) is 11.3 Å². The first-order chi connectivity index (χ1) is 7.66. The molecule has 0 fully saturated rings. The van der Waals surface area contributed by atoms with Gasteiger partial charge in [0.1, 0.15) is 10.2 Å². The maximum Gasteiger partial charge on any atom is 0.308 e. The minimum absolute atomic E-state index is 0.0800. The van der Waals surface area contributed by atoms with Crippen molar-refractivity contribution >= 4 is 28.9 Å². The van der Waals surface area contributed by atoms with Crippen LogP contribution < -0.4 is 0 Å². The molecule has 16 heavy (non-hydrogen) atoms. The highest BCUT2D eigenvalue weighted by Gasteiger charge is 2.13. The Morgan fingerprint density at radius 1 is 1.38 bits per heavy atom. The fourth-order valence-electron chi connectivity index (χ4n) is 1.28. The highest BCUT2D eigenvalue weighted by atomic mass is 35.5. The normalized spacial score (nSPS) is 10.3. The number of thiazole rings is 1. The number of benzene rings is 1. The minimum Gasteiger partial charge on any atom is -0.481 e. The maximum atomic E-state index is 10.6. The quantitative estimate of drug-likeness (QED) is 0.915. The lowest BCUT2D eigenvalue weighted by atomic mass is 10.2. The summed E-state index contributed by atoms with van der Waals surface area (Å²) in [5.74, 6) is -0.898. The van der Waals surface area contributed by atoms with E-state index in [0.717, 1.165) is 10.6 Å². The molecule has 5 heteroatoms. The Morgan fingerprint density at radius 3 is 2.69 bits per heavy atom. The summed E-state index contributed by atoms with van der Waals surface area (Å²) in [5, 5.41) is 9.73. The minimum atomic E-state index is -0.898. The molecule has 0 amide bonds. The third-order valence-corrected chi connectivity index (χ3v) is 3.51. The van der Waals surface area contributed by atoms with Gasteiger partial charge in [-0.15, -0.1) is 11.3 Å². The fraction of sp³-hybridized carbons (Fsp3) is 0.0909. The topological polar surface area (TPSA) is 50.2 Å². The summed E-state index contributed by atoms with van der Waals surface area (Å²) >= 11 is 7.19. The summed E-state index contributed by atoms with van der Waals surface area (Å²) in [5.41, 5.74) is 0.950. The van der Waals surface area contributed by atoms with E-state index in [-0.39, 0.29) is 11.6 Å². The first-order valence-electron chi connectivity index (χ1n) is 4.59. The number of carboxylic acid groups (broad SMARTS) is 1. The lowest BCUT2D eigenvalue weighted by Crippen LogP contribution is -1.97. The molecule has 0 radical (unpaired) electrons. The van der Waals surface area contributed by atoms with Gasteiger partial charge in [0.15, 0.2) is 0 Å². The summed E-state index contributed by atoms with van der Waals surface area (Å²) < 4.78 is 0. The standard InChI is InChI=1S/C11H8ClNO2S/c12-10-8(6-9(14)15)16-11(13-10)7-4-2-1-3-5-7/h1-5H,6H2,(H,14,15). The maximum absolute atomic E-state index is 10.6. The van der Waals surface area contributed by atoms with Crippen molar-refractivity contribution in [2.75, 3.05) is 0 Å². The summed E-state index contributed by atoms with van der Waals surface area (Å²) in [6, 6.07) is 9.55. The van der Waals surface area contributed by atoms with Crippen LogP contribution in [0.3, 0.4) is 0 Å². The fourth-order valence-corrected chi connectivity index (χ4v) is 2.55. The average molecular weight is 254 g/mol. The Labute approximate surface area is 101 Å². The van der Waals surface area contributed by atoms with E-state index >= 15 is 0 Å². The second-order valence-electron chi connectivity index (χ2n) is 3.17. The van der Waals surface area contributed by atoms with E-state index < -0.39 is 5.97 Å². The van der Waals surface area contributed by atoms with Crippen molar-refractivity contribution in [1.29, 1.82) is 0 Å². The van der Waals surface area contributed by atoms with Gasteiger partial charge in [-0.05, 0) is 0 Å². The molecule has 3 nitrogen and oxygen atoms in total. The Bertz CT molecular complexity index is 510. The van der Waals surface area contributed by atoms with Crippen molar-refractivity contribution < 1.29 is 9.90 Å². The van der Waals surface area contributed by atoms with Crippen molar-refractivity contribution in [3.63, 3.8) is 0 Å². The highest BCUT2D eigenvalue weighted by Crippen LogP contribution is 2.30. The first kappa shape index (κ1) is 11.1. The van der Waals surface area contributed by atoms with E-state index in [1.54, 1.807) is 0 Å². The van der Waals surface area contributed by atoms with E-state index in [9.17, 15) is 4.79 Å². The van der Waals surface area contributed by atoms with Crippen molar-refractivity contribution in [1.82, 2.24) is 4.98 Å². The van der Waals surface area contributed by atoms with Gasteiger partial charge in [-0.25, -0.2) is 4.98 Å². The number of hydrogen-bond acceptors (Lipinski definition) is 3. The number of hydrogen-bond donors (Lipinski definition) is 1. The zero-order valence-electron chi connectivity index (χ0n) is 8.18. The van der Waals surface area contributed by atoms with E-state index in [2.05, 4.69) is 4.98 Å². The molecule has 1 aromatic carbocycles. The van der Waals surface area contributed by atoms with Gasteiger partial charge in [-0.2, -0.15) is 0 Å². The summed E-state index contributed by atoms with van der Waals surface area (Å²) in [7, 11) is 0. The molecule has 82 valence electrons. The highest BCUT2D eigenvalue weighted by molar-refractivity contribution is 7.15. The van der Waals surface area contributed by atoms with E-state index in [0.29, 0.717) is 4.88 Å². The van der Waals surface area contributed by atoms with Gasteiger partial charge in [-0.3, -0.25) is 4.79 Å². The third-order valence-electron chi connectivity index (χ3n) is 1.98. The number of nitrogens with zero attached hydrogens (tertiary/aromatic N) is 1. The molecule has 0 spiro atoms. The van der Waals surface area contributed by atoms with Crippen molar-refractivity contribution in [3.05, 3.63) is 40.4 Å². The van der Waals surface area contributed by atoms with Crippen LogP contribution in [0.5, 0.6) is 0 Å². The molecule has 0 saturated heterocycles. The number of carboxylic acids is 1. The summed E-state index contributed by atoms with van der Waals surface area (Å²) in [6.07, 6.45) is -0.0800. The van der Waals surface area contributed by atoms with Crippen LogP contribution in [0.15, 0.2) is 30.3 Å². The monoisotopic (exact) mass is 253 g/mol. The number of rotatable bonds is 3. The molecule has 0 aliphatic heterocycles. The predicted octanol–water partition coefficient (Wildman–Crippen LogP) is 3.09. The van der Waals surface area contributed by atoms with Gasteiger partial charge in [0.05, 0.1) is 11.3 Å². The number of halogens is 1. The van der Waals surface area contributed by atoms with Crippen molar-refractivity contribution in [2.45, 2.75) is 6.42 Å². The zero-order chi connectivity index (χ0) is 11.5. The zero-order valence-corrected chi connectivity index (χ0v) is 9.76. The molecular weight excluding hydrogens is 246 g/mol. The molecule has 1 aromatic heterocycles. The molecule has 0 saturated carbocycles. The predicted molar refractivity (Wildman–Crippen MR) is 63.9 cm³/mol. The van der Waals surface area contributed by atoms with Crippen LogP contribution in [0, 0.1) is 0 Å². The van der Waals surface area contributed by atoms with Crippen molar-refractivity contribution in [2.24, 2.45) is 0 Å². The molecule has 0 atom stereocenters. The SMILES string of the molecule is O=C(O)Cc1sc(-c2ccccc2)nc1Cl. The van der Waals surface area contributed by atoms with Gasteiger partial charge in [0.25, 0.3) is 0 Å². The summed E-state index contributed by atoms with van der Waals surface area (Å²) in [4.78, 5) is 15.3. The largest absolute Gasteiger partial charge is 0.481 e. The van der Waals surface area contributed by atoms with E-state index in [4.69, 9.17) is 16.7 Å². The number of aliphatic carboxylic acids is 1. The van der Waals surface area contributed by atoms with Crippen LogP contribution in [0.2, 0.25) is 5.15 Å². The molecule has 0 aliphatic rings. The number of aromatic nitrogens is 1. The molecule has 2 aromatic rings. The lowest BCUT2D eigenvalue weighted by molar-refractivity contribution is -0.136. The molecule has 1 N–H and O–H groups in total. The van der Waals surface area contributed by atoms with Crippen LogP contribution in [-0.4, -0.2) is 16.1 Å². The molecule has 0 unspecified atom stereocenters. The van der Waals surface area contributed by atoms with Gasteiger partial charge in [0.2, 0.25) is 0 Å². The smallest absolute Gasteiger partial charge is 0.308 e. The average Bonchev–Trinajstić information content (AvgIpc) is 2.61. The van der Waals surface area contributed by atoms with Crippen LogP contribution in [0.25, 0.3) is 10.6 Å². The lowest BCUT2D eigenvalue weighted by Gasteiger charge is -1.92. The van der Waals surface area contributed by atoms with Gasteiger partial charge < -0.3 is 5.11 Å². The molecule has 0 bridgehead atoms. The molecule has 0 aliphatic carbocycles. The van der Waals surface area contributed by atoms with Gasteiger partial charge in [-0.1, -0.05) is 41.9 Å². The molecule has 1 heterocycles. The van der Waals surface area contributed by atoms with Crippen molar-refractivity contribution in [3.8, 4) is 10.6 Å². The first-order valence-corrected chi connectivity index (χ1v) is 5.78. The molecular formula is C11H8ClNO2S. The van der Waals surface area contributed by atoms with Crippen LogP contribution in [0.4, 0.5) is 0 Å².